The molecule has 1 unspecified atom stereocenters. The number of H-pyrrole nitrogens is 1. The summed E-state index contributed by atoms with van der Waals surface area (Å²) in [5, 5.41) is 17.9. The molecular formula is C16H17N3O4S2. The Labute approximate surface area is 148 Å². The molecule has 1 fully saturated rings. The number of nitrogens with zero attached hydrogens (tertiary/aromatic N) is 1. The average Bonchev–Trinajstić information content (AvgIpc) is 3.31. The van der Waals surface area contributed by atoms with Crippen LogP contribution in [0.25, 0.3) is 11.5 Å². The van der Waals surface area contributed by atoms with Crippen LogP contribution in [0.2, 0.25) is 0 Å². The molecule has 7 nitrogen and oxygen atoms in total. The van der Waals surface area contributed by atoms with Crippen molar-refractivity contribution in [1.82, 2.24) is 14.9 Å². The molecule has 9 heteroatoms. The lowest BCUT2D eigenvalue weighted by Crippen LogP contribution is -2.41. The van der Waals surface area contributed by atoms with E-state index in [1.165, 1.54) is 17.4 Å². The summed E-state index contributed by atoms with van der Waals surface area (Å²) in [6.07, 6.45) is 2.39. The van der Waals surface area contributed by atoms with E-state index >= 15 is 0 Å². The molecule has 0 aliphatic heterocycles. The van der Waals surface area contributed by atoms with Crippen LogP contribution >= 0.6 is 11.3 Å². The molecule has 0 radical (unpaired) electrons. The van der Waals surface area contributed by atoms with Crippen LogP contribution in [0, 0.1) is 5.92 Å². The number of rotatable bonds is 6. The summed E-state index contributed by atoms with van der Waals surface area (Å²) in [6.45, 7) is 0. The van der Waals surface area contributed by atoms with Crippen molar-refractivity contribution in [1.29, 1.82) is 0 Å². The van der Waals surface area contributed by atoms with Gasteiger partial charge in [0.25, 0.3) is 10.0 Å². The molecule has 25 heavy (non-hydrogen) atoms. The predicted octanol–water partition coefficient (Wildman–Crippen LogP) is 2.52. The van der Waals surface area contributed by atoms with Crippen LogP contribution in [0.3, 0.4) is 0 Å². The first-order valence-electron chi connectivity index (χ1n) is 7.86. The van der Waals surface area contributed by atoms with Gasteiger partial charge in [-0.15, -0.1) is 11.3 Å². The van der Waals surface area contributed by atoms with Gasteiger partial charge in [0.05, 0.1) is 12.1 Å². The van der Waals surface area contributed by atoms with E-state index in [-0.39, 0.29) is 23.2 Å². The van der Waals surface area contributed by atoms with E-state index in [9.17, 15) is 13.5 Å². The maximum absolute atomic E-state index is 12.8. The first kappa shape index (κ1) is 16.5. The molecule has 3 N–H and O–H groups in total. The molecule has 1 atom stereocenters. The van der Waals surface area contributed by atoms with Crippen LogP contribution in [0.15, 0.2) is 51.4 Å². The molecule has 1 aliphatic carbocycles. The predicted molar refractivity (Wildman–Crippen MR) is 92.4 cm³/mol. The highest BCUT2D eigenvalue weighted by atomic mass is 32.2. The second-order valence-electron chi connectivity index (χ2n) is 6.09. The van der Waals surface area contributed by atoms with Crippen molar-refractivity contribution in [3.63, 3.8) is 0 Å². The molecule has 0 saturated heterocycles. The van der Waals surface area contributed by atoms with Gasteiger partial charge in [-0.1, -0.05) is 6.07 Å². The van der Waals surface area contributed by atoms with Crippen molar-refractivity contribution in [2.45, 2.75) is 30.1 Å². The largest absolute Gasteiger partial charge is 0.442 e. The van der Waals surface area contributed by atoms with E-state index in [2.05, 4.69) is 14.9 Å². The van der Waals surface area contributed by atoms with Gasteiger partial charge in [-0.25, -0.2) is 8.42 Å². The second-order valence-corrected chi connectivity index (χ2v) is 8.71. The van der Waals surface area contributed by atoms with E-state index in [1.54, 1.807) is 18.3 Å². The number of hydrogen-bond donors (Lipinski definition) is 3. The fourth-order valence-corrected chi connectivity index (χ4v) is 5.15. The standard InChI is InChI=1S/C16H17N3O4S2/c20-11-8-10(9-11)16(14-2-1-7-24-14)19-25(21,22)15-4-3-13(23-15)12-5-6-17-18-12/h1-7,10-11,16,19-20H,8-9H2,(H,17,18). The SMILES string of the molecule is O=S(=O)(NC(c1cccs1)C1CC(O)C1)c1ccc(-c2ccn[nH]2)o1. The minimum atomic E-state index is -3.82. The van der Waals surface area contributed by atoms with Gasteiger partial charge in [0, 0.05) is 11.1 Å². The normalized spacial score (nSPS) is 21.8. The first-order valence-corrected chi connectivity index (χ1v) is 10.2. The number of hydrogen-bond acceptors (Lipinski definition) is 6. The number of aromatic amines is 1. The summed E-state index contributed by atoms with van der Waals surface area (Å²) in [4.78, 5) is 0.931. The van der Waals surface area contributed by atoms with Crippen molar-refractivity contribution < 1.29 is 17.9 Å². The monoisotopic (exact) mass is 379 g/mol. The van der Waals surface area contributed by atoms with E-state index < -0.39 is 10.0 Å². The number of sulfonamides is 1. The molecule has 0 aromatic carbocycles. The Morgan fingerprint density at radius 2 is 2.16 bits per heavy atom. The molecule has 1 saturated carbocycles. The summed E-state index contributed by atoms with van der Waals surface area (Å²) in [5.74, 6) is 0.482. The molecular weight excluding hydrogens is 362 g/mol. The third kappa shape index (κ3) is 3.28. The van der Waals surface area contributed by atoms with Gasteiger partial charge in [-0.2, -0.15) is 9.82 Å². The van der Waals surface area contributed by atoms with E-state index in [0.717, 1.165) is 4.88 Å². The fraction of sp³-hybridized carbons (Fsp3) is 0.312. The number of nitrogens with one attached hydrogen (secondary N) is 2. The molecule has 4 rings (SSSR count). The van der Waals surface area contributed by atoms with Crippen LogP contribution in [-0.2, 0) is 10.0 Å². The fourth-order valence-electron chi connectivity index (χ4n) is 2.98. The molecule has 132 valence electrons. The summed E-state index contributed by atoms with van der Waals surface area (Å²) in [6, 6.07) is 8.15. The summed E-state index contributed by atoms with van der Waals surface area (Å²) in [5.41, 5.74) is 0.610. The van der Waals surface area contributed by atoms with Gasteiger partial charge < -0.3 is 9.52 Å². The molecule has 3 aromatic rings. The first-order chi connectivity index (χ1) is 12.0. The van der Waals surface area contributed by atoms with Crippen LogP contribution in [0.5, 0.6) is 0 Å². The van der Waals surface area contributed by atoms with E-state index in [0.29, 0.717) is 24.3 Å². The van der Waals surface area contributed by atoms with Crippen molar-refractivity contribution in [2.24, 2.45) is 5.92 Å². The Morgan fingerprint density at radius 1 is 1.32 bits per heavy atom. The van der Waals surface area contributed by atoms with Crippen LogP contribution in [0.1, 0.15) is 23.8 Å². The number of furan rings is 1. The van der Waals surface area contributed by atoms with Gasteiger partial charge in [0.15, 0.2) is 5.76 Å². The van der Waals surface area contributed by atoms with Gasteiger partial charge in [-0.3, -0.25) is 5.10 Å². The zero-order chi connectivity index (χ0) is 17.4. The Kier molecular flexibility index (Phi) is 4.24. The highest BCUT2D eigenvalue weighted by Gasteiger charge is 2.38. The molecule has 1 aliphatic rings. The Balaban J connectivity index is 1.59. The Bertz CT molecular complexity index is 926. The highest BCUT2D eigenvalue weighted by Crippen LogP contribution is 2.40. The summed E-state index contributed by atoms with van der Waals surface area (Å²) < 4.78 is 33.8. The summed E-state index contributed by atoms with van der Waals surface area (Å²) >= 11 is 1.50. The number of thiophene rings is 1. The molecule has 3 aromatic heterocycles. The topological polar surface area (TPSA) is 108 Å². The number of aliphatic hydroxyl groups excluding tert-OH is 1. The Morgan fingerprint density at radius 3 is 2.80 bits per heavy atom. The van der Waals surface area contributed by atoms with E-state index in [4.69, 9.17) is 4.42 Å². The quantitative estimate of drug-likeness (QED) is 0.610. The second kappa shape index (κ2) is 6.41. The number of aromatic nitrogens is 2. The maximum atomic E-state index is 12.8. The summed E-state index contributed by atoms with van der Waals surface area (Å²) in [7, 11) is -3.82. The zero-order valence-corrected chi connectivity index (χ0v) is 14.8. The van der Waals surface area contributed by atoms with Gasteiger partial charge in [0.2, 0.25) is 5.09 Å². The minimum absolute atomic E-state index is 0.0745. The van der Waals surface area contributed by atoms with Crippen molar-refractivity contribution in [3.05, 3.63) is 46.8 Å². The lowest BCUT2D eigenvalue weighted by Gasteiger charge is -2.37. The van der Waals surface area contributed by atoms with Gasteiger partial charge >= 0.3 is 0 Å². The Hall–Kier alpha value is -1.94. The third-order valence-corrected chi connectivity index (χ3v) is 6.63. The van der Waals surface area contributed by atoms with E-state index in [1.807, 2.05) is 17.5 Å². The lowest BCUT2D eigenvalue weighted by atomic mass is 9.77. The lowest BCUT2D eigenvalue weighted by molar-refractivity contribution is 0.0285. The van der Waals surface area contributed by atoms with Gasteiger partial charge in [0.1, 0.15) is 5.69 Å². The molecule has 0 amide bonds. The van der Waals surface area contributed by atoms with Crippen LogP contribution in [0.4, 0.5) is 0 Å². The van der Waals surface area contributed by atoms with Crippen LogP contribution < -0.4 is 4.72 Å². The maximum Gasteiger partial charge on any atom is 0.274 e. The average molecular weight is 379 g/mol. The van der Waals surface area contributed by atoms with Crippen molar-refractivity contribution in [2.75, 3.05) is 0 Å². The molecule has 0 bridgehead atoms. The minimum Gasteiger partial charge on any atom is -0.442 e. The highest BCUT2D eigenvalue weighted by molar-refractivity contribution is 7.89. The smallest absolute Gasteiger partial charge is 0.274 e. The van der Waals surface area contributed by atoms with Gasteiger partial charge in [-0.05, 0) is 48.4 Å². The number of aliphatic hydroxyl groups is 1. The van der Waals surface area contributed by atoms with Crippen molar-refractivity contribution >= 4 is 21.4 Å². The zero-order valence-electron chi connectivity index (χ0n) is 13.1. The molecule has 3 heterocycles. The van der Waals surface area contributed by atoms with Crippen molar-refractivity contribution in [3.8, 4) is 11.5 Å². The molecule has 0 spiro atoms. The third-order valence-electron chi connectivity index (χ3n) is 4.37. The van der Waals surface area contributed by atoms with Crippen LogP contribution in [-0.4, -0.2) is 29.8 Å².